The van der Waals surface area contributed by atoms with Crippen LogP contribution in [0, 0.1) is 6.92 Å². The fraction of sp³-hybridized carbons (Fsp3) is 0.600. The van der Waals surface area contributed by atoms with Crippen molar-refractivity contribution in [3.8, 4) is 5.75 Å². The standard InChI is InChI=1S/C15H20F3NO/c1-3-19-9-7-12(8-10-19)13-5-4-6-14(11(13)2)20-15(16,17)18/h4-6,12H,3,7-10H2,1-2H3. The van der Waals surface area contributed by atoms with Crippen LogP contribution in [0.25, 0.3) is 0 Å². The summed E-state index contributed by atoms with van der Waals surface area (Å²) in [6.07, 6.45) is -2.65. The summed E-state index contributed by atoms with van der Waals surface area (Å²) >= 11 is 0. The number of hydrogen-bond acceptors (Lipinski definition) is 2. The van der Waals surface area contributed by atoms with Crippen LogP contribution in [-0.2, 0) is 0 Å². The molecular weight excluding hydrogens is 267 g/mol. The van der Waals surface area contributed by atoms with Crippen LogP contribution in [0.5, 0.6) is 5.75 Å². The van der Waals surface area contributed by atoms with E-state index in [1.165, 1.54) is 6.07 Å². The van der Waals surface area contributed by atoms with Gasteiger partial charge in [-0.3, -0.25) is 0 Å². The molecule has 0 spiro atoms. The molecule has 1 saturated heterocycles. The van der Waals surface area contributed by atoms with Gasteiger partial charge in [-0.2, -0.15) is 0 Å². The summed E-state index contributed by atoms with van der Waals surface area (Å²) in [5.41, 5.74) is 1.60. The Labute approximate surface area is 117 Å². The molecule has 0 bridgehead atoms. The highest BCUT2D eigenvalue weighted by Crippen LogP contribution is 2.35. The number of likely N-dealkylation sites (tertiary alicyclic amines) is 1. The maximum atomic E-state index is 12.4. The molecule has 0 saturated carbocycles. The van der Waals surface area contributed by atoms with E-state index in [0.29, 0.717) is 11.5 Å². The van der Waals surface area contributed by atoms with Crippen molar-refractivity contribution in [3.05, 3.63) is 29.3 Å². The smallest absolute Gasteiger partial charge is 0.406 e. The SMILES string of the molecule is CCN1CCC(c2cccc(OC(F)(F)F)c2C)CC1. The molecule has 0 aliphatic carbocycles. The number of ether oxygens (including phenoxy) is 1. The zero-order chi connectivity index (χ0) is 14.8. The number of alkyl halides is 3. The van der Waals surface area contributed by atoms with E-state index in [-0.39, 0.29) is 5.75 Å². The summed E-state index contributed by atoms with van der Waals surface area (Å²) in [5.74, 6) is 0.252. The summed E-state index contributed by atoms with van der Waals surface area (Å²) in [5, 5.41) is 0. The van der Waals surface area contributed by atoms with E-state index in [1.807, 2.05) is 6.07 Å². The topological polar surface area (TPSA) is 12.5 Å². The van der Waals surface area contributed by atoms with E-state index in [1.54, 1.807) is 13.0 Å². The first kappa shape index (κ1) is 15.2. The van der Waals surface area contributed by atoms with Gasteiger partial charge in [0, 0.05) is 0 Å². The summed E-state index contributed by atoms with van der Waals surface area (Å²) in [6.45, 7) is 6.88. The van der Waals surface area contributed by atoms with Crippen LogP contribution in [0.15, 0.2) is 18.2 Å². The number of nitrogens with zero attached hydrogens (tertiary/aromatic N) is 1. The van der Waals surface area contributed by atoms with E-state index in [0.717, 1.165) is 38.0 Å². The second kappa shape index (κ2) is 6.04. The molecule has 0 amide bonds. The minimum atomic E-state index is -4.63. The van der Waals surface area contributed by atoms with Crippen molar-refractivity contribution < 1.29 is 17.9 Å². The largest absolute Gasteiger partial charge is 0.573 e. The first-order valence-electron chi connectivity index (χ1n) is 6.98. The van der Waals surface area contributed by atoms with Crippen molar-refractivity contribution in [2.75, 3.05) is 19.6 Å². The van der Waals surface area contributed by atoms with Gasteiger partial charge < -0.3 is 9.64 Å². The lowest BCUT2D eigenvalue weighted by molar-refractivity contribution is -0.274. The molecule has 1 aromatic rings. The van der Waals surface area contributed by atoms with Crippen molar-refractivity contribution in [2.24, 2.45) is 0 Å². The highest BCUT2D eigenvalue weighted by molar-refractivity contribution is 5.41. The molecule has 0 aromatic heterocycles. The Balaban J connectivity index is 2.15. The van der Waals surface area contributed by atoms with Crippen LogP contribution in [0.1, 0.15) is 36.8 Å². The normalized spacial score (nSPS) is 18.2. The van der Waals surface area contributed by atoms with Crippen LogP contribution in [0.2, 0.25) is 0 Å². The van der Waals surface area contributed by atoms with Crippen molar-refractivity contribution in [2.45, 2.75) is 39.0 Å². The molecule has 2 rings (SSSR count). The van der Waals surface area contributed by atoms with E-state index in [4.69, 9.17) is 0 Å². The highest BCUT2D eigenvalue weighted by Gasteiger charge is 2.32. The van der Waals surface area contributed by atoms with Gasteiger partial charge in [-0.1, -0.05) is 19.1 Å². The van der Waals surface area contributed by atoms with Crippen LogP contribution in [0.3, 0.4) is 0 Å². The number of piperidine rings is 1. The molecule has 1 fully saturated rings. The third kappa shape index (κ3) is 3.66. The number of halogens is 3. The summed E-state index contributed by atoms with van der Waals surface area (Å²) in [4.78, 5) is 2.36. The van der Waals surface area contributed by atoms with Crippen molar-refractivity contribution in [3.63, 3.8) is 0 Å². The Morgan fingerprint density at radius 1 is 1.25 bits per heavy atom. The lowest BCUT2D eigenvalue weighted by atomic mass is 9.86. The lowest BCUT2D eigenvalue weighted by Gasteiger charge is -2.32. The Kier molecular flexibility index (Phi) is 4.58. The van der Waals surface area contributed by atoms with Gasteiger partial charge in [0.25, 0.3) is 0 Å². The quantitative estimate of drug-likeness (QED) is 0.830. The summed E-state index contributed by atoms with van der Waals surface area (Å²) < 4.78 is 41.2. The predicted molar refractivity (Wildman–Crippen MR) is 72.0 cm³/mol. The average molecular weight is 287 g/mol. The number of benzene rings is 1. The summed E-state index contributed by atoms with van der Waals surface area (Å²) in [7, 11) is 0. The van der Waals surface area contributed by atoms with E-state index in [9.17, 15) is 13.2 Å². The molecule has 0 N–H and O–H groups in total. The van der Waals surface area contributed by atoms with Gasteiger partial charge in [-0.05, 0) is 62.5 Å². The van der Waals surface area contributed by atoms with E-state index >= 15 is 0 Å². The molecule has 1 aromatic carbocycles. The third-order valence-electron chi connectivity index (χ3n) is 4.03. The van der Waals surface area contributed by atoms with E-state index < -0.39 is 6.36 Å². The number of rotatable bonds is 3. The molecular formula is C15H20F3NO. The molecule has 1 heterocycles. The molecule has 0 unspecified atom stereocenters. The summed E-state index contributed by atoms with van der Waals surface area (Å²) in [6, 6.07) is 4.95. The molecule has 1 aliphatic heterocycles. The fourth-order valence-corrected chi connectivity index (χ4v) is 2.87. The predicted octanol–water partition coefficient (Wildman–Crippen LogP) is 4.09. The number of hydrogen-bond donors (Lipinski definition) is 0. The van der Waals surface area contributed by atoms with Crippen LogP contribution in [-0.4, -0.2) is 30.9 Å². The Morgan fingerprint density at radius 2 is 1.90 bits per heavy atom. The zero-order valence-electron chi connectivity index (χ0n) is 11.8. The van der Waals surface area contributed by atoms with Gasteiger partial charge >= 0.3 is 6.36 Å². The lowest BCUT2D eigenvalue weighted by Crippen LogP contribution is -2.32. The highest BCUT2D eigenvalue weighted by atomic mass is 19.4. The maximum absolute atomic E-state index is 12.4. The van der Waals surface area contributed by atoms with Crippen molar-refractivity contribution in [1.82, 2.24) is 4.90 Å². The average Bonchev–Trinajstić information content (AvgIpc) is 2.40. The molecule has 20 heavy (non-hydrogen) atoms. The minimum Gasteiger partial charge on any atom is -0.406 e. The monoisotopic (exact) mass is 287 g/mol. The zero-order valence-corrected chi connectivity index (χ0v) is 11.8. The van der Waals surface area contributed by atoms with Crippen LogP contribution < -0.4 is 4.74 Å². The Morgan fingerprint density at radius 3 is 2.45 bits per heavy atom. The minimum absolute atomic E-state index is 0.0760. The molecule has 0 radical (unpaired) electrons. The van der Waals surface area contributed by atoms with Crippen LogP contribution in [0.4, 0.5) is 13.2 Å². The van der Waals surface area contributed by atoms with Gasteiger partial charge in [0.2, 0.25) is 0 Å². The second-order valence-corrected chi connectivity index (χ2v) is 5.23. The van der Waals surface area contributed by atoms with Gasteiger partial charge in [0.15, 0.2) is 0 Å². The second-order valence-electron chi connectivity index (χ2n) is 5.23. The fourth-order valence-electron chi connectivity index (χ4n) is 2.87. The molecule has 5 heteroatoms. The third-order valence-corrected chi connectivity index (χ3v) is 4.03. The first-order valence-corrected chi connectivity index (χ1v) is 6.98. The Hall–Kier alpha value is -1.23. The van der Waals surface area contributed by atoms with Crippen molar-refractivity contribution in [1.29, 1.82) is 0 Å². The van der Waals surface area contributed by atoms with E-state index in [2.05, 4.69) is 16.6 Å². The molecule has 112 valence electrons. The van der Waals surface area contributed by atoms with Gasteiger partial charge in [0.05, 0.1) is 0 Å². The molecule has 1 aliphatic rings. The first-order chi connectivity index (χ1) is 9.40. The molecule has 2 nitrogen and oxygen atoms in total. The van der Waals surface area contributed by atoms with Gasteiger partial charge in [0.1, 0.15) is 5.75 Å². The van der Waals surface area contributed by atoms with Gasteiger partial charge in [-0.25, -0.2) is 0 Å². The van der Waals surface area contributed by atoms with Crippen molar-refractivity contribution >= 4 is 0 Å². The van der Waals surface area contributed by atoms with Crippen LogP contribution >= 0.6 is 0 Å². The van der Waals surface area contributed by atoms with Gasteiger partial charge in [-0.15, -0.1) is 13.2 Å². The molecule has 0 atom stereocenters. The maximum Gasteiger partial charge on any atom is 0.573 e. The Bertz CT molecular complexity index is 451.